The average molecular weight is 324 g/mol. The van der Waals surface area contributed by atoms with Gasteiger partial charge in [-0.1, -0.05) is 55.5 Å². The Labute approximate surface area is 141 Å². The van der Waals surface area contributed by atoms with Crippen LogP contribution in [0.3, 0.4) is 0 Å². The molecular formula is C19H20N2O3. The van der Waals surface area contributed by atoms with Gasteiger partial charge in [0.05, 0.1) is 6.54 Å². The first-order valence-electron chi connectivity index (χ1n) is 8.05. The normalized spacial score (nSPS) is 20.1. The lowest BCUT2D eigenvalue weighted by molar-refractivity contribution is -0.132. The van der Waals surface area contributed by atoms with Gasteiger partial charge in [-0.25, -0.2) is 4.79 Å². The lowest BCUT2D eigenvalue weighted by Crippen LogP contribution is -2.43. The highest BCUT2D eigenvalue weighted by atomic mass is 16.5. The molecule has 3 amide bonds. The van der Waals surface area contributed by atoms with E-state index in [0.717, 1.165) is 11.3 Å². The van der Waals surface area contributed by atoms with E-state index in [9.17, 15) is 9.59 Å². The largest absolute Gasteiger partial charge is 0.492 e. The molecule has 1 aliphatic heterocycles. The summed E-state index contributed by atoms with van der Waals surface area (Å²) >= 11 is 0. The summed E-state index contributed by atoms with van der Waals surface area (Å²) in [6.45, 7) is 2.38. The molecule has 0 unspecified atom stereocenters. The van der Waals surface area contributed by atoms with E-state index in [4.69, 9.17) is 4.74 Å². The van der Waals surface area contributed by atoms with Crippen LogP contribution in [0.5, 0.6) is 5.75 Å². The average Bonchev–Trinajstić information content (AvgIpc) is 2.88. The fraction of sp³-hybridized carbons (Fsp3) is 0.263. The smallest absolute Gasteiger partial charge is 0.325 e. The topological polar surface area (TPSA) is 58.6 Å². The second-order valence-electron chi connectivity index (χ2n) is 5.67. The molecule has 24 heavy (non-hydrogen) atoms. The monoisotopic (exact) mass is 324 g/mol. The van der Waals surface area contributed by atoms with Crippen molar-refractivity contribution >= 4 is 11.9 Å². The minimum absolute atomic E-state index is 0.216. The number of imide groups is 1. The van der Waals surface area contributed by atoms with Crippen molar-refractivity contribution < 1.29 is 14.3 Å². The molecule has 3 rings (SSSR count). The molecule has 5 heteroatoms. The Morgan fingerprint density at radius 3 is 2.25 bits per heavy atom. The van der Waals surface area contributed by atoms with Crippen molar-refractivity contribution in [2.75, 3.05) is 13.2 Å². The number of carbonyl (C=O) groups excluding carboxylic acids is 2. The summed E-state index contributed by atoms with van der Waals surface area (Å²) in [6.07, 6.45) is 0.498. The Bertz CT molecular complexity index is 718. The zero-order valence-electron chi connectivity index (χ0n) is 13.6. The number of rotatable bonds is 6. The molecule has 1 N–H and O–H groups in total. The second kappa shape index (κ2) is 6.74. The van der Waals surface area contributed by atoms with E-state index in [0.29, 0.717) is 6.42 Å². The minimum Gasteiger partial charge on any atom is -0.492 e. The fourth-order valence-corrected chi connectivity index (χ4v) is 2.96. The summed E-state index contributed by atoms with van der Waals surface area (Å²) < 4.78 is 5.60. The predicted molar refractivity (Wildman–Crippen MR) is 90.6 cm³/mol. The third kappa shape index (κ3) is 2.85. The van der Waals surface area contributed by atoms with Crippen molar-refractivity contribution in [2.45, 2.75) is 18.9 Å². The lowest BCUT2D eigenvalue weighted by atomic mass is 9.87. The molecule has 0 aromatic heterocycles. The Morgan fingerprint density at radius 2 is 1.62 bits per heavy atom. The summed E-state index contributed by atoms with van der Waals surface area (Å²) in [5.74, 6) is 0.493. The summed E-state index contributed by atoms with van der Waals surface area (Å²) in [5, 5.41) is 2.86. The zero-order chi connectivity index (χ0) is 17.0. The molecule has 1 aliphatic rings. The fourth-order valence-electron chi connectivity index (χ4n) is 2.96. The highest BCUT2D eigenvalue weighted by Crippen LogP contribution is 2.32. The van der Waals surface area contributed by atoms with Gasteiger partial charge in [0, 0.05) is 0 Å². The first kappa shape index (κ1) is 16.1. The van der Waals surface area contributed by atoms with Crippen molar-refractivity contribution in [1.29, 1.82) is 0 Å². The Balaban J connectivity index is 1.71. The molecule has 2 aromatic carbocycles. The number of urea groups is 1. The quantitative estimate of drug-likeness (QED) is 0.831. The number of benzene rings is 2. The zero-order valence-corrected chi connectivity index (χ0v) is 13.6. The number of carbonyl (C=O) groups is 2. The Kier molecular flexibility index (Phi) is 4.51. The van der Waals surface area contributed by atoms with Crippen molar-refractivity contribution in [3.05, 3.63) is 66.2 Å². The molecule has 124 valence electrons. The van der Waals surface area contributed by atoms with Crippen LogP contribution in [-0.2, 0) is 10.3 Å². The first-order valence-corrected chi connectivity index (χ1v) is 8.05. The molecule has 0 aliphatic carbocycles. The number of nitrogens with one attached hydrogen (secondary N) is 1. The van der Waals surface area contributed by atoms with Gasteiger partial charge in [-0.3, -0.25) is 9.69 Å². The van der Waals surface area contributed by atoms with Crippen LogP contribution in [0.15, 0.2) is 60.7 Å². The van der Waals surface area contributed by atoms with Gasteiger partial charge in [-0.2, -0.15) is 0 Å². The predicted octanol–water partition coefficient (Wildman–Crippen LogP) is 2.92. The maximum Gasteiger partial charge on any atom is 0.325 e. The highest BCUT2D eigenvalue weighted by Gasteiger charge is 2.50. The summed E-state index contributed by atoms with van der Waals surface area (Å²) in [4.78, 5) is 26.4. The van der Waals surface area contributed by atoms with Crippen molar-refractivity contribution in [2.24, 2.45) is 0 Å². The van der Waals surface area contributed by atoms with Gasteiger partial charge in [0.1, 0.15) is 17.9 Å². The molecule has 1 saturated heterocycles. The molecule has 0 bridgehead atoms. The third-order valence-corrected chi connectivity index (χ3v) is 4.30. The number of hydrogen-bond acceptors (Lipinski definition) is 3. The lowest BCUT2D eigenvalue weighted by Gasteiger charge is -2.25. The van der Waals surface area contributed by atoms with Crippen LogP contribution in [0.25, 0.3) is 0 Å². The summed E-state index contributed by atoms with van der Waals surface area (Å²) in [5.41, 5.74) is -0.178. The summed E-state index contributed by atoms with van der Waals surface area (Å²) in [6, 6.07) is 18.3. The van der Waals surface area contributed by atoms with Crippen LogP contribution < -0.4 is 10.1 Å². The van der Waals surface area contributed by atoms with Crippen LogP contribution in [0, 0.1) is 0 Å². The molecule has 5 nitrogen and oxygen atoms in total. The van der Waals surface area contributed by atoms with Crippen LogP contribution in [0.1, 0.15) is 18.9 Å². The van der Waals surface area contributed by atoms with E-state index in [1.165, 1.54) is 4.90 Å². The van der Waals surface area contributed by atoms with Crippen LogP contribution in [-0.4, -0.2) is 30.0 Å². The van der Waals surface area contributed by atoms with Gasteiger partial charge >= 0.3 is 6.03 Å². The van der Waals surface area contributed by atoms with Gasteiger partial charge in [0.25, 0.3) is 5.91 Å². The van der Waals surface area contributed by atoms with Crippen LogP contribution in [0.4, 0.5) is 4.79 Å². The van der Waals surface area contributed by atoms with Gasteiger partial charge in [0.2, 0.25) is 0 Å². The summed E-state index contributed by atoms with van der Waals surface area (Å²) in [7, 11) is 0. The standard InChI is InChI=1S/C19H20N2O3/c1-2-19(15-9-5-3-6-10-15)17(22)21(18(23)20-19)13-14-24-16-11-7-4-8-12-16/h3-12H,2,13-14H2,1H3,(H,20,23)/t19-/m1/s1. The molecule has 0 saturated carbocycles. The number of hydrogen-bond donors (Lipinski definition) is 1. The van der Waals surface area contributed by atoms with Gasteiger partial charge in [-0.15, -0.1) is 0 Å². The van der Waals surface area contributed by atoms with Crippen molar-refractivity contribution in [1.82, 2.24) is 10.2 Å². The maximum atomic E-state index is 12.9. The van der Waals surface area contributed by atoms with E-state index in [2.05, 4.69) is 5.32 Å². The van der Waals surface area contributed by atoms with Gasteiger partial charge in [-0.05, 0) is 24.1 Å². The van der Waals surface area contributed by atoms with Crippen molar-refractivity contribution in [3.8, 4) is 5.75 Å². The molecular weight excluding hydrogens is 304 g/mol. The Morgan fingerprint density at radius 1 is 1.00 bits per heavy atom. The molecule has 1 heterocycles. The van der Waals surface area contributed by atoms with E-state index in [-0.39, 0.29) is 25.1 Å². The minimum atomic E-state index is -0.981. The number of ether oxygens (including phenoxy) is 1. The molecule has 0 spiro atoms. The maximum absolute atomic E-state index is 12.9. The van der Waals surface area contributed by atoms with Gasteiger partial charge < -0.3 is 10.1 Å². The van der Waals surface area contributed by atoms with E-state index < -0.39 is 5.54 Å². The number of para-hydroxylation sites is 1. The Hall–Kier alpha value is -2.82. The van der Waals surface area contributed by atoms with Gasteiger partial charge in [0.15, 0.2) is 0 Å². The second-order valence-corrected chi connectivity index (χ2v) is 5.67. The van der Waals surface area contributed by atoms with Crippen LogP contribution in [0.2, 0.25) is 0 Å². The van der Waals surface area contributed by atoms with Crippen molar-refractivity contribution in [3.63, 3.8) is 0 Å². The molecule has 1 atom stereocenters. The van der Waals surface area contributed by atoms with E-state index >= 15 is 0 Å². The molecule has 1 fully saturated rings. The highest BCUT2D eigenvalue weighted by molar-refractivity contribution is 6.07. The SMILES string of the molecule is CC[C@]1(c2ccccc2)NC(=O)N(CCOc2ccccc2)C1=O. The molecule has 2 aromatic rings. The van der Waals surface area contributed by atoms with E-state index in [1.54, 1.807) is 0 Å². The number of nitrogens with zero attached hydrogens (tertiary/aromatic N) is 1. The number of amides is 3. The third-order valence-electron chi connectivity index (χ3n) is 4.30. The van der Waals surface area contributed by atoms with Crippen LogP contribution >= 0.6 is 0 Å². The first-order chi connectivity index (χ1) is 11.7. The molecule has 0 radical (unpaired) electrons. The van der Waals surface area contributed by atoms with E-state index in [1.807, 2.05) is 67.6 Å².